The van der Waals surface area contributed by atoms with Gasteiger partial charge in [-0.25, -0.2) is 4.39 Å². The maximum atomic E-state index is 13.7. The van der Waals surface area contributed by atoms with Gasteiger partial charge in [0, 0.05) is 10.0 Å². The molecule has 106 valence electrons. The van der Waals surface area contributed by atoms with Crippen LogP contribution in [0.5, 0.6) is 0 Å². The Labute approximate surface area is 137 Å². The van der Waals surface area contributed by atoms with Crippen molar-refractivity contribution in [2.45, 2.75) is 0 Å². The van der Waals surface area contributed by atoms with Gasteiger partial charge >= 0.3 is 0 Å². The van der Waals surface area contributed by atoms with Gasteiger partial charge in [0.1, 0.15) is 10.8 Å². The molecule has 1 aromatic carbocycles. The zero-order chi connectivity index (χ0) is 14.8. The Bertz CT molecular complexity index is 801. The first kappa shape index (κ1) is 14.4. The average molecular weight is 386 g/mol. The lowest BCUT2D eigenvalue weighted by Gasteiger charge is -1.98. The van der Waals surface area contributed by atoms with Crippen LogP contribution in [0.2, 0.25) is 0 Å². The summed E-state index contributed by atoms with van der Waals surface area (Å²) in [6.07, 6.45) is 1.45. The first-order chi connectivity index (χ1) is 10.1. The molecule has 0 aliphatic rings. The van der Waals surface area contributed by atoms with Crippen LogP contribution in [0.4, 0.5) is 4.39 Å². The molecular formula is C14H7BrClFN2OS. The largest absolute Gasteiger partial charge is 0.414 e. The number of benzene rings is 1. The van der Waals surface area contributed by atoms with Crippen molar-refractivity contribution in [3.63, 3.8) is 0 Å². The zero-order valence-corrected chi connectivity index (χ0v) is 13.5. The van der Waals surface area contributed by atoms with Crippen LogP contribution in [-0.2, 0) is 0 Å². The smallest absolute Gasteiger partial charge is 0.259 e. The standard InChI is InChI=1S/C14H7BrClFN2OS/c15-9-3-4-11(17)8(6-9)7-10(16)13-18-19-14(20-13)12-2-1-5-21-12/h1-7H. The lowest BCUT2D eigenvalue weighted by molar-refractivity contribution is 0.557. The van der Waals surface area contributed by atoms with Crippen molar-refractivity contribution in [2.24, 2.45) is 0 Å². The first-order valence-electron chi connectivity index (χ1n) is 5.83. The topological polar surface area (TPSA) is 38.9 Å². The second-order valence-corrected chi connectivity index (χ2v) is 6.32. The van der Waals surface area contributed by atoms with E-state index in [1.807, 2.05) is 17.5 Å². The lowest BCUT2D eigenvalue weighted by Crippen LogP contribution is -1.83. The van der Waals surface area contributed by atoms with Crippen LogP contribution < -0.4 is 0 Å². The molecule has 0 amide bonds. The highest BCUT2D eigenvalue weighted by atomic mass is 79.9. The number of nitrogens with zero attached hydrogens (tertiary/aromatic N) is 2. The van der Waals surface area contributed by atoms with E-state index in [2.05, 4.69) is 26.1 Å². The van der Waals surface area contributed by atoms with Crippen molar-refractivity contribution in [3.8, 4) is 10.8 Å². The van der Waals surface area contributed by atoms with E-state index >= 15 is 0 Å². The van der Waals surface area contributed by atoms with Crippen LogP contribution in [-0.4, -0.2) is 10.2 Å². The van der Waals surface area contributed by atoms with Gasteiger partial charge in [0.05, 0.1) is 4.88 Å². The summed E-state index contributed by atoms with van der Waals surface area (Å²) in [6, 6.07) is 8.34. The zero-order valence-electron chi connectivity index (χ0n) is 10.4. The Morgan fingerprint density at radius 2 is 2.19 bits per heavy atom. The van der Waals surface area contributed by atoms with Crippen LogP contribution in [0.1, 0.15) is 11.5 Å². The molecule has 0 saturated heterocycles. The number of halogens is 3. The van der Waals surface area contributed by atoms with Crippen molar-refractivity contribution in [1.82, 2.24) is 10.2 Å². The summed E-state index contributed by atoms with van der Waals surface area (Å²) < 4.78 is 19.9. The molecule has 0 spiro atoms. The minimum atomic E-state index is -0.380. The molecule has 0 aliphatic heterocycles. The van der Waals surface area contributed by atoms with Gasteiger partial charge in [0.25, 0.3) is 11.8 Å². The molecule has 3 aromatic rings. The fourth-order valence-corrected chi connectivity index (χ4v) is 2.86. The van der Waals surface area contributed by atoms with Crippen molar-refractivity contribution >= 4 is 50.0 Å². The molecule has 3 rings (SSSR count). The first-order valence-corrected chi connectivity index (χ1v) is 7.88. The molecule has 2 aromatic heterocycles. The molecular weight excluding hydrogens is 379 g/mol. The summed E-state index contributed by atoms with van der Waals surface area (Å²) in [6.45, 7) is 0. The molecule has 0 unspecified atom stereocenters. The highest BCUT2D eigenvalue weighted by molar-refractivity contribution is 9.10. The summed E-state index contributed by atoms with van der Waals surface area (Å²) in [5.74, 6) is 0.162. The van der Waals surface area contributed by atoms with Crippen molar-refractivity contribution in [3.05, 3.63) is 57.5 Å². The van der Waals surface area contributed by atoms with E-state index in [1.54, 1.807) is 12.1 Å². The average Bonchev–Trinajstić information content (AvgIpc) is 3.12. The SMILES string of the molecule is Fc1ccc(Br)cc1C=C(Cl)c1nnc(-c2cccs2)o1. The van der Waals surface area contributed by atoms with Crippen LogP contribution >= 0.6 is 38.9 Å². The summed E-state index contributed by atoms with van der Waals surface area (Å²) in [5.41, 5.74) is 0.338. The third kappa shape index (κ3) is 3.23. The highest BCUT2D eigenvalue weighted by Crippen LogP contribution is 2.28. The Hall–Kier alpha value is -1.50. The van der Waals surface area contributed by atoms with Gasteiger partial charge < -0.3 is 4.42 Å². The van der Waals surface area contributed by atoms with E-state index < -0.39 is 0 Å². The summed E-state index contributed by atoms with van der Waals surface area (Å²) >= 11 is 10.9. The Balaban J connectivity index is 1.93. The number of thiophene rings is 1. The summed E-state index contributed by atoms with van der Waals surface area (Å²) in [5, 5.41) is 9.90. The second-order valence-electron chi connectivity index (χ2n) is 4.05. The van der Waals surface area contributed by atoms with Gasteiger partial charge in [-0.3, -0.25) is 0 Å². The lowest BCUT2D eigenvalue weighted by atomic mass is 10.2. The van der Waals surface area contributed by atoms with Crippen molar-refractivity contribution < 1.29 is 8.81 Å². The van der Waals surface area contributed by atoms with Gasteiger partial charge in [0.2, 0.25) is 0 Å². The molecule has 0 N–H and O–H groups in total. The van der Waals surface area contributed by atoms with Gasteiger partial charge in [-0.2, -0.15) is 0 Å². The summed E-state index contributed by atoms with van der Waals surface area (Å²) in [4.78, 5) is 0.854. The molecule has 0 aliphatic carbocycles. The molecule has 0 radical (unpaired) electrons. The number of hydrogen-bond donors (Lipinski definition) is 0. The molecule has 7 heteroatoms. The molecule has 0 saturated carbocycles. The summed E-state index contributed by atoms with van der Waals surface area (Å²) in [7, 11) is 0. The van der Waals surface area contributed by atoms with Crippen LogP contribution in [0.15, 0.2) is 44.6 Å². The quantitative estimate of drug-likeness (QED) is 0.603. The van der Waals surface area contributed by atoms with Gasteiger partial charge in [-0.1, -0.05) is 33.6 Å². The fourth-order valence-electron chi connectivity index (χ4n) is 1.64. The minimum Gasteiger partial charge on any atom is -0.414 e. The predicted molar refractivity (Wildman–Crippen MR) is 85.4 cm³/mol. The van der Waals surface area contributed by atoms with E-state index in [0.29, 0.717) is 11.5 Å². The molecule has 0 atom stereocenters. The monoisotopic (exact) mass is 384 g/mol. The van der Waals surface area contributed by atoms with E-state index in [-0.39, 0.29) is 16.7 Å². The van der Waals surface area contributed by atoms with Crippen molar-refractivity contribution in [1.29, 1.82) is 0 Å². The number of rotatable bonds is 3. The molecule has 0 bridgehead atoms. The molecule has 0 fully saturated rings. The van der Waals surface area contributed by atoms with Gasteiger partial charge in [-0.15, -0.1) is 21.5 Å². The van der Waals surface area contributed by atoms with Crippen LogP contribution in [0.25, 0.3) is 21.9 Å². The minimum absolute atomic E-state index is 0.152. The molecule has 3 nitrogen and oxygen atoms in total. The van der Waals surface area contributed by atoms with Gasteiger partial charge in [0.15, 0.2) is 0 Å². The fraction of sp³-hybridized carbons (Fsp3) is 0. The Morgan fingerprint density at radius 3 is 2.95 bits per heavy atom. The third-order valence-electron chi connectivity index (χ3n) is 2.60. The highest BCUT2D eigenvalue weighted by Gasteiger charge is 2.12. The van der Waals surface area contributed by atoms with E-state index in [0.717, 1.165) is 9.35 Å². The molecule has 2 heterocycles. The third-order valence-corrected chi connectivity index (χ3v) is 4.22. The molecule has 21 heavy (non-hydrogen) atoms. The van der Waals surface area contributed by atoms with E-state index in [4.69, 9.17) is 16.0 Å². The Morgan fingerprint density at radius 1 is 1.33 bits per heavy atom. The van der Waals surface area contributed by atoms with E-state index in [1.165, 1.54) is 23.5 Å². The maximum absolute atomic E-state index is 13.7. The number of hydrogen-bond acceptors (Lipinski definition) is 4. The number of aromatic nitrogens is 2. The van der Waals surface area contributed by atoms with Crippen molar-refractivity contribution in [2.75, 3.05) is 0 Å². The predicted octanol–water partition coefficient (Wildman–Crippen LogP) is 5.44. The maximum Gasteiger partial charge on any atom is 0.259 e. The Kier molecular flexibility index (Phi) is 4.19. The normalized spacial score (nSPS) is 11.9. The van der Waals surface area contributed by atoms with Gasteiger partial charge in [-0.05, 0) is 35.7 Å². The van der Waals surface area contributed by atoms with E-state index in [9.17, 15) is 4.39 Å². The van der Waals surface area contributed by atoms with Crippen LogP contribution in [0.3, 0.4) is 0 Å². The second kappa shape index (κ2) is 6.09. The van der Waals surface area contributed by atoms with Crippen LogP contribution in [0, 0.1) is 5.82 Å².